The number of nitrogens with zero attached hydrogens (tertiary/aromatic N) is 1. The van der Waals surface area contributed by atoms with Gasteiger partial charge in [-0.25, -0.2) is 0 Å². The standard InChI is InChI=1S/C17H25N3O2.ClH/c1-3-7-13(18)16(21)19-14-9-6-8-12(2)15(14)17(22)20-10-4-5-11-20;/h6,8-9,13H,3-5,7,10-11,18H2,1-2H3,(H,19,21);1H. The molecule has 6 heteroatoms. The topological polar surface area (TPSA) is 75.4 Å². The van der Waals surface area contributed by atoms with Crippen molar-refractivity contribution in [1.82, 2.24) is 4.90 Å². The maximum Gasteiger partial charge on any atom is 0.256 e. The molecule has 1 saturated heterocycles. The minimum absolute atomic E-state index is 0. The fourth-order valence-electron chi connectivity index (χ4n) is 2.80. The highest BCUT2D eigenvalue weighted by molar-refractivity contribution is 6.05. The summed E-state index contributed by atoms with van der Waals surface area (Å²) in [6.45, 7) is 5.46. The molecule has 0 aliphatic carbocycles. The van der Waals surface area contributed by atoms with Crippen molar-refractivity contribution in [2.75, 3.05) is 18.4 Å². The van der Waals surface area contributed by atoms with E-state index in [-0.39, 0.29) is 24.2 Å². The molecule has 1 atom stereocenters. The van der Waals surface area contributed by atoms with Gasteiger partial charge in [0.05, 0.1) is 17.3 Å². The Balaban J connectivity index is 0.00000264. The summed E-state index contributed by atoms with van der Waals surface area (Å²) >= 11 is 0. The van der Waals surface area contributed by atoms with Crippen LogP contribution in [0, 0.1) is 6.92 Å². The lowest BCUT2D eigenvalue weighted by molar-refractivity contribution is -0.117. The first-order valence-electron chi connectivity index (χ1n) is 8.00. The van der Waals surface area contributed by atoms with Gasteiger partial charge in [0.15, 0.2) is 0 Å². The van der Waals surface area contributed by atoms with Gasteiger partial charge in [0, 0.05) is 13.1 Å². The first kappa shape index (κ1) is 19.5. The molecule has 2 amide bonds. The van der Waals surface area contributed by atoms with Crippen molar-refractivity contribution in [3.05, 3.63) is 29.3 Å². The van der Waals surface area contributed by atoms with Crippen molar-refractivity contribution in [1.29, 1.82) is 0 Å². The third-order valence-electron chi connectivity index (χ3n) is 4.07. The Kier molecular flexibility index (Phi) is 7.52. The average molecular weight is 340 g/mol. The molecular formula is C17H26ClN3O2. The van der Waals surface area contributed by atoms with Gasteiger partial charge in [0.1, 0.15) is 0 Å². The number of nitrogens with one attached hydrogen (secondary N) is 1. The molecule has 0 radical (unpaired) electrons. The second kappa shape index (κ2) is 8.89. The number of likely N-dealkylation sites (tertiary alicyclic amines) is 1. The summed E-state index contributed by atoms with van der Waals surface area (Å²) in [6, 6.07) is 4.97. The molecule has 1 aromatic carbocycles. The van der Waals surface area contributed by atoms with Crippen molar-refractivity contribution < 1.29 is 9.59 Å². The van der Waals surface area contributed by atoms with E-state index in [0.29, 0.717) is 17.7 Å². The van der Waals surface area contributed by atoms with Gasteiger partial charge in [-0.2, -0.15) is 0 Å². The maximum atomic E-state index is 12.7. The molecule has 1 aliphatic heterocycles. The van der Waals surface area contributed by atoms with Gasteiger partial charge in [0.25, 0.3) is 5.91 Å². The molecule has 0 aromatic heterocycles. The fraction of sp³-hybridized carbons (Fsp3) is 0.529. The van der Waals surface area contributed by atoms with E-state index >= 15 is 0 Å². The van der Waals surface area contributed by atoms with E-state index in [9.17, 15) is 9.59 Å². The van der Waals surface area contributed by atoms with Crippen LogP contribution in [0.15, 0.2) is 18.2 Å². The molecule has 5 nitrogen and oxygen atoms in total. The third-order valence-corrected chi connectivity index (χ3v) is 4.07. The van der Waals surface area contributed by atoms with Gasteiger partial charge in [-0.3, -0.25) is 9.59 Å². The van der Waals surface area contributed by atoms with Crippen LogP contribution in [-0.2, 0) is 4.79 Å². The van der Waals surface area contributed by atoms with Crippen molar-refractivity contribution in [3.8, 4) is 0 Å². The zero-order valence-electron chi connectivity index (χ0n) is 13.8. The van der Waals surface area contributed by atoms with E-state index in [1.54, 1.807) is 6.07 Å². The van der Waals surface area contributed by atoms with Gasteiger partial charge < -0.3 is 16.0 Å². The van der Waals surface area contributed by atoms with E-state index in [1.165, 1.54) is 0 Å². The summed E-state index contributed by atoms with van der Waals surface area (Å²) in [5, 5.41) is 2.83. The van der Waals surface area contributed by atoms with E-state index < -0.39 is 6.04 Å². The number of amides is 2. The molecule has 1 aliphatic rings. The Hall–Kier alpha value is -1.59. The molecule has 0 bridgehead atoms. The number of hydrogen-bond donors (Lipinski definition) is 2. The Morgan fingerprint density at radius 3 is 2.57 bits per heavy atom. The Bertz CT molecular complexity index is 557. The smallest absolute Gasteiger partial charge is 0.256 e. The summed E-state index contributed by atoms with van der Waals surface area (Å²) in [6.07, 6.45) is 3.57. The molecule has 1 aromatic rings. The van der Waals surface area contributed by atoms with Crippen molar-refractivity contribution in [3.63, 3.8) is 0 Å². The Morgan fingerprint density at radius 2 is 1.96 bits per heavy atom. The number of aryl methyl sites for hydroxylation is 1. The van der Waals surface area contributed by atoms with Crippen LogP contribution in [0.3, 0.4) is 0 Å². The first-order valence-corrected chi connectivity index (χ1v) is 8.00. The van der Waals surface area contributed by atoms with Gasteiger partial charge in [0.2, 0.25) is 5.91 Å². The summed E-state index contributed by atoms with van der Waals surface area (Å²) in [7, 11) is 0. The Morgan fingerprint density at radius 1 is 1.30 bits per heavy atom. The lowest BCUT2D eigenvalue weighted by atomic mass is 10.0. The minimum Gasteiger partial charge on any atom is -0.339 e. The fourth-order valence-corrected chi connectivity index (χ4v) is 2.80. The van der Waals surface area contributed by atoms with Crippen LogP contribution in [0.2, 0.25) is 0 Å². The van der Waals surface area contributed by atoms with E-state index in [0.717, 1.165) is 37.9 Å². The SMILES string of the molecule is CCCC(N)C(=O)Nc1cccc(C)c1C(=O)N1CCCC1.Cl. The zero-order chi connectivity index (χ0) is 16.1. The monoisotopic (exact) mass is 339 g/mol. The second-order valence-corrected chi connectivity index (χ2v) is 5.88. The summed E-state index contributed by atoms with van der Waals surface area (Å²) in [5.41, 5.74) is 7.88. The predicted octanol–water partition coefficient (Wildman–Crippen LogP) is 2.72. The molecule has 0 spiro atoms. The molecular weight excluding hydrogens is 314 g/mol. The van der Waals surface area contributed by atoms with Gasteiger partial charge in [-0.1, -0.05) is 25.5 Å². The lowest BCUT2D eigenvalue weighted by Crippen LogP contribution is -2.36. The molecule has 3 N–H and O–H groups in total. The lowest BCUT2D eigenvalue weighted by Gasteiger charge is -2.20. The summed E-state index contributed by atoms with van der Waals surface area (Å²) in [4.78, 5) is 26.7. The number of benzene rings is 1. The number of hydrogen-bond acceptors (Lipinski definition) is 3. The molecule has 23 heavy (non-hydrogen) atoms. The number of carbonyl (C=O) groups excluding carboxylic acids is 2. The number of halogens is 1. The van der Waals surface area contributed by atoms with Crippen molar-refractivity contribution >= 4 is 29.9 Å². The van der Waals surface area contributed by atoms with Gasteiger partial charge in [-0.05, 0) is 37.8 Å². The largest absolute Gasteiger partial charge is 0.339 e. The zero-order valence-corrected chi connectivity index (χ0v) is 14.6. The Labute approximate surface area is 144 Å². The van der Waals surface area contributed by atoms with E-state index in [4.69, 9.17) is 5.73 Å². The average Bonchev–Trinajstić information content (AvgIpc) is 3.01. The minimum atomic E-state index is -0.541. The molecule has 1 heterocycles. The predicted molar refractivity (Wildman–Crippen MR) is 95.1 cm³/mol. The van der Waals surface area contributed by atoms with Crippen molar-refractivity contribution in [2.24, 2.45) is 5.73 Å². The van der Waals surface area contributed by atoms with Crippen LogP contribution >= 0.6 is 12.4 Å². The first-order chi connectivity index (χ1) is 10.5. The molecule has 2 rings (SSSR count). The third kappa shape index (κ3) is 4.69. The highest BCUT2D eigenvalue weighted by Gasteiger charge is 2.24. The van der Waals surface area contributed by atoms with E-state index in [2.05, 4.69) is 5.32 Å². The van der Waals surface area contributed by atoms with Gasteiger partial charge >= 0.3 is 0 Å². The summed E-state index contributed by atoms with van der Waals surface area (Å²) in [5.74, 6) is -0.238. The second-order valence-electron chi connectivity index (χ2n) is 5.88. The van der Waals surface area contributed by atoms with Crippen LogP contribution in [0.25, 0.3) is 0 Å². The number of rotatable bonds is 5. The molecule has 1 unspecified atom stereocenters. The highest BCUT2D eigenvalue weighted by Crippen LogP contribution is 2.23. The summed E-state index contributed by atoms with van der Waals surface area (Å²) < 4.78 is 0. The van der Waals surface area contributed by atoms with Gasteiger partial charge in [-0.15, -0.1) is 12.4 Å². The molecule has 0 saturated carbocycles. The van der Waals surface area contributed by atoms with Crippen LogP contribution in [0.5, 0.6) is 0 Å². The van der Waals surface area contributed by atoms with Crippen molar-refractivity contribution in [2.45, 2.75) is 45.6 Å². The van der Waals surface area contributed by atoms with E-state index in [1.807, 2.05) is 30.9 Å². The number of anilines is 1. The maximum absolute atomic E-state index is 12.7. The molecule has 1 fully saturated rings. The van der Waals surface area contributed by atoms with Crippen LogP contribution in [-0.4, -0.2) is 35.8 Å². The normalized spacial score (nSPS) is 15.0. The van der Waals surface area contributed by atoms with Crippen LogP contribution in [0.1, 0.15) is 48.5 Å². The quantitative estimate of drug-likeness (QED) is 0.866. The van der Waals surface area contributed by atoms with Crippen LogP contribution in [0.4, 0.5) is 5.69 Å². The highest BCUT2D eigenvalue weighted by atomic mass is 35.5. The molecule has 128 valence electrons. The number of nitrogens with two attached hydrogens (primary N) is 1. The van der Waals surface area contributed by atoms with Crippen LogP contribution < -0.4 is 11.1 Å². The number of carbonyl (C=O) groups is 2.